The summed E-state index contributed by atoms with van der Waals surface area (Å²) in [5.74, 6) is 1.78. The minimum atomic E-state index is 0.401. The van der Waals surface area contributed by atoms with Crippen molar-refractivity contribution in [1.82, 2.24) is 24.7 Å². The summed E-state index contributed by atoms with van der Waals surface area (Å²) in [5.41, 5.74) is 7.51. The maximum Gasteiger partial charge on any atom is 0.169 e. The van der Waals surface area contributed by atoms with Crippen LogP contribution in [0.15, 0.2) is 30.6 Å². The van der Waals surface area contributed by atoms with Crippen LogP contribution in [0, 0.1) is 0 Å². The van der Waals surface area contributed by atoms with Gasteiger partial charge < -0.3 is 11.1 Å². The molecule has 3 N–H and O–H groups in total. The fraction of sp³-hybridized carbons (Fsp3) is 0.231. The average Bonchev–Trinajstić information content (AvgIpc) is 2.85. The molecule has 2 aromatic heterocycles. The van der Waals surface area contributed by atoms with Gasteiger partial charge in [0.15, 0.2) is 17.5 Å². The Bertz CT molecular complexity index is 734. The fourth-order valence-electron chi connectivity index (χ4n) is 1.93. The van der Waals surface area contributed by atoms with Crippen LogP contribution in [0.4, 0.5) is 11.6 Å². The summed E-state index contributed by atoms with van der Waals surface area (Å²) >= 11 is 0. The first-order valence-electron chi connectivity index (χ1n) is 6.33. The Morgan fingerprint density at radius 1 is 1.20 bits per heavy atom. The molecule has 1 aromatic carbocycles. The van der Waals surface area contributed by atoms with Crippen molar-refractivity contribution in [2.24, 2.45) is 7.05 Å². The van der Waals surface area contributed by atoms with E-state index in [4.69, 9.17) is 5.73 Å². The van der Waals surface area contributed by atoms with Crippen LogP contribution in [-0.2, 0) is 13.5 Å². The van der Waals surface area contributed by atoms with E-state index in [1.807, 2.05) is 31.3 Å². The maximum atomic E-state index is 5.90. The summed E-state index contributed by atoms with van der Waals surface area (Å²) in [6.45, 7) is 0.654. The SMILES string of the molecule is Cn1cnc(CCNc2nc3ccccc3nc2N)n1. The highest BCUT2D eigenvalue weighted by Gasteiger charge is 2.05. The molecule has 0 atom stereocenters. The summed E-state index contributed by atoms with van der Waals surface area (Å²) in [6.07, 6.45) is 2.38. The van der Waals surface area contributed by atoms with E-state index in [9.17, 15) is 0 Å². The molecule has 0 aliphatic heterocycles. The Morgan fingerprint density at radius 3 is 2.65 bits per heavy atom. The average molecular weight is 269 g/mol. The molecule has 0 aliphatic rings. The van der Waals surface area contributed by atoms with Crippen molar-refractivity contribution < 1.29 is 0 Å². The Balaban J connectivity index is 1.72. The topological polar surface area (TPSA) is 94.5 Å². The van der Waals surface area contributed by atoms with Gasteiger partial charge in [-0.3, -0.25) is 4.68 Å². The first-order valence-corrected chi connectivity index (χ1v) is 6.33. The monoisotopic (exact) mass is 269 g/mol. The lowest BCUT2D eigenvalue weighted by Crippen LogP contribution is -2.10. The lowest BCUT2D eigenvalue weighted by atomic mass is 10.3. The van der Waals surface area contributed by atoms with Crippen molar-refractivity contribution in [3.63, 3.8) is 0 Å². The summed E-state index contributed by atoms with van der Waals surface area (Å²) in [4.78, 5) is 13.0. The van der Waals surface area contributed by atoms with Crippen LogP contribution in [0.2, 0.25) is 0 Å². The van der Waals surface area contributed by atoms with Gasteiger partial charge in [0, 0.05) is 20.0 Å². The smallest absolute Gasteiger partial charge is 0.169 e. The Hall–Kier alpha value is -2.70. The number of anilines is 2. The van der Waals surface area contributed by atoms with Gasteiger partial charge in [0.1, 0.15) is 6.33 Å². The van der Waals surface area contributed by atoms with Crippen molar-refractivity contribution in [3.8, 4) is 0 Å². The van der Waals surface area contributed by atoms with Gasteiger partial charge in [-0.2, -0.15) is 5.10 Å². The van der Waals surface area contributed by atoms with E-state index < -0.39 is 0 Å². The number of rotatable bonds is 4. The number of aryl methyl sites for hydroxylation is 1. The van der Waals surface area contributed by atoms with Gasteiger partial charge in [-0.15, -0.1) is 0 Å². The summed E-state index contributed by atoms with van der Waals surface area (Å²) < 4.78 is 1.68. The first-order chi connectivity index (χ1) is 9.72. The second-order valence-electron chi connectivity index (χ2n) is 4.46. The number of nitrogen functional groups attached to an aromatic ring is 1. The number of para-hydroxylation sites is 2. The molecule has 20 heavy (non-hydrogen) atoms. The first kappa shape index (κ1) is 12.3. The molecule has 102 valence electrons. The quantitative estimate of drug-likeness (QED) is 0.733. The highest BCUT2D eigenvalue weighted by atomic mass is 15.3. The third-order valence-corrected chi connectivity index (χ3v) is 2.89. The molecule has 7 heteroatoms. The van der Waals surface area contributed by atoms with Crippen molar-refractivity contribution in [2.45, 2.75) is 6.42 Å². The minimum Gasteiger partial charge on any atom is -0.381 e. The molecule has 0 spiro atoms. The molecule has 2 heterocycles. The Labute approximate surface area is 115 Å². The van der Waals surface area contributed by atoms with Gasteiger partial charge in [-0.1, -0.05) is 12.1 Å². The summed E-state index contributed by atoms with van der Waals surface area (Å²) in [6, 6.07) is 7.64. The molecule has 0 amide bonds. The van der Waals surface area contributed by atoms with E-state index in [1.54, 1.807) is 11.0 Å². The third kappa shape index (κ3) is 2.51. The van der Waals surface area contributed by atoms with Gasteiger partial charge in [0.05, 0.1) is 11.0 Å². The van der Waals surface area contributed by atoms with Gasteiger partial charge in [-0.25, -0.2) is 15.0 Å². The lowest BCUT2D eigenvalue weighted by Gasteiger charge is -2.07. The number of fused-ring (bicyclic) bond motifs is 1. The summed E-state index contributed by atoms with van der Waals surface area (Å²) in [5, 5.41) is 7.39. The van der Waals surface area contributed by atoms with Gasteiger partial charge >= 0.3 is 0 Å². The molecule has 0 unspecified atom stereocenters. The Morgan fingerprint density at radius 2 is 1.95 bits per heavy atom. The zero-order valence-corrected chi connectivity index (χ0v) is 11.1. The lowest BCUT2D eigenvalue weighted by molar-refractivity contribution is 0.742. The van der Waals surface area contributed by atoms with E-state index >= 15 is 0 Å². The predicted octanol–water partition coefficient (Wildman–Crippen LogP) is 0.995. The Kier molecular flexibility index (Phi) is 3.16. The highest BCUT2D eigenvalue weighted by Crippen LogP contribution is 2.18. The van der Waals surface area contributed by atoms with E-state index in [-0.39, 0.29) is 0 Å². The van der Waals surface area contributed by atoms with E-state index in [0.717, 1.165) is 16.9 Å². The van der Waals surface area contributed by atoms with Gasteiger partial charge in [-0.05, 0) is 12.1 Å². The second kappa shape index (κ2) is 5.12. The van der Waals surface area contributed by atoms with Gasteiger partial charge in [0.25, 0.3) is 0 Å². The van der Waals surface area contributed by atoms with Crippen LogP contribution >= 0.6 is 0 Å². The van der Waals surface area contributed by atoms with E-state index in [0.29, 0.717) is 24.6 Å². The van der Waals surface area contributed by atoms with Crippen molar-refractivity contribution in [2.75, 3.05) is 17.6 Å². The van der Waals surface area contributed by atoms with Crippen molar-refractivity contribution in [1.29, 1.82) is 0 Å². The molecule has 0 aliphatic carbocycles. The fourth-order valence-corrected chi connectivity index (χ4v) is 1.93. The number of hydrogen-bond acceptors (Lipinski definition) is 6. The standard InChI is InChI=1S/C13H15N7/c1-20-8-16-11(19-20)6-7-15-13-12(14)17-9-4-2-3-5-10(9)18-13/h2-5,8H,6-7H2,1H3,(H2,14,17)(H,15,18). The number of nitrogens with one attached hydrogen (secondary N) is 1. The van der Waals surface area contributed by atoms with Crippen LogP contribution in [-0.4, -0.2) is 31.3 Å². The number of nitrogens with two attached hydrogens (primary N) is 1. The van der Waals surface area contributed by atoms with Crippen molar-refractivity contribution >= 4 is 22.7 Å². The second-order valence-corrected chi connectivity index (χ2v) is 4.46. The zero-order valence-electron chi connectivity index (χ0n) is 11.1. The van der Waals surface area contributed by atoms with E-state index in [1.165, 1.54) is 0 Å². The molecule has 0 saturated carbocycles. The number of nitrogens with zero attached hydrogens (tertiary/aromatic N) is 5. The largest absolute Gasteiger partial charge is 0.381 e. The molecule has 0 radical (unpaired) electrons. The molecule has 3 rings (SSSR count). The molecular formula is C13H15N7. The molecule has 0 saturated heterocycles. The molecule has 0 fully saturated rings. The third-order valence-electron chi connectivity index (χ3n) is 2.89. The predicted molar refractivity (Wildman–Crippen MR) is 77.1 cm³/mol. The maximum absolute atomic E-state index is 5.90. The minimum absolute atomic E-state index is 0.401. The van der Waals surface area contributed by atoms with Crippen LogP contribution < -0.4 is 11.1 Å². The van der Waals surface area contributed by atoms with Crippen LogP contribution in [0.25, 0.3) is 11.0 Å². The highest BCUT2D eigenvalue weighted by molar-refractivity contribution is 5.79. The van der Waals surface area contributed by atoms with Gasteiger partial charge in [0.2, 0.25) is 0 Å². The van der Waals surface area contributed by atoms with Crippen molar-refractivity contribution in [3.05, 3.63) is 36.4 Å². The van der Waals surface area contributed by atoms with Crippen LogP contribution in [0.3, 0.4) is 0 Å². The molecular weight excluding hydrogens is 254 g/mol. The number of benzene rings is 1. The number of hydrogen-bond donors (Lipinski definition) is 2. The summed E-state index contributed by atoms with van der Waals surface area (Å²) in [7, 11) is 1.84. The van der Waals surface area contributed by atoms with Crippen LogP contribution in [0.5, 0.6) is 0 Å². The normalized spacial score (nSPS) is 10.8. The number of aromatic nitrogens is 5. The van der Waals surface area contributed by atoms with E-state index in [2.05, 4.69) is 25.4 Å². The molecule has 3 aromatic rings. The van der Waals surface area contributed by atoms with Crippen LogP contribution in [0.1, 0.15) is 5.82 Å². The zero-order chi connectivity index (χ0) is 13.9. The molecule has 0 bridgehead atoms. The molecule has 7 nitrogen and oxygen atoms in total.